The summed E-state index contributed by atoms with van der Waals surface area (Å²) < 4.78 is 0. The van der Waals surface area contributed by atoms with Gasteiger partial charge in [0, 0.05) is 47.8 Å². The Bertz CT molecular complexity index is 1290. The maximum absolute atomic E-state index is 11.5. The summed E-state index contributed by atoms with van der Waals surface area (Å²) in [6.07, 6.45) is 0. The third-order valence-corrected chi connectivity index (χ3v) is 6.12. The molecule has 6 heteroatoms. The lowest BCUT2D eigenvalue weighted by Crippen LogP contribution is -2.46. The van der Waals surface area contributed by atoms with Crippen LogP contribution in [0.2, 0.25) is 5.02 Å². The number of carbonyl (C=O) groups is 1. The lowest BCUT2D eigenvalue weighted by molar-refractivity contribution is 0.0697. The van der Waals surface area contributed by atoms with Crippen molar-refractivity contribution < 1.29 is 9.90 Å². The Hall–Kier alpha value is -3.57. The Balaban J connectivity index is 1.52. The number of fused-ring (bicyclic) bond motifs is 1. The molecular formula is C26H22ClN3O2. The van der Waals surface area contributed by atoms with Crippen LogP contribution in [0.4, 0.5) is 11.4 Å². The van der Waals surface area contributed by atoms with Crippen LogP contribution >= 0.6 is 11.6 Å². The number of halogens is 1. The molecule has 1 N–H and O–H groups in total. The molecule has 0 atom stereocenters. The first-order valence-corrected chi connectivity index (χ1v) is 11.0. The molecule has 3 aromatic carbocycles. The molecule has 0 saturated carbocycles. The number of rotatable bonds is 4. The summed E-state index contributed by atoms with van der Waals surface area (Å²) in [5.74, 6) is -0.935. The zero-order chi connectivity index (χ0) is 22.1. The van der Waals surface area contributed by atoms with Gasteiger partial charge in [0.05, 0.1) is 22.5 Å². The van der Waals surface area contributed by atoms with Gasteiger partial charge in [-0.2, -0.15) is 0 Å². The number of hydrogen-bond donors (Lipinski definition) is 1. The van der Waals surface area contributed by atoms with Gasteiger partial charge in [0.25, 0.3) is 0 Å². The quantitative estimate of drug-likeness (QED) is 0.446. The second-order valence-corrected chi connectivity index (χ2v) is 8.33. The van der Waals surface area contributed by atoms with Crippen molar-refractivity contribution in [1.82, 2.24) is 4.98 Å². The summed E-state index contributed by atoms with van der Waals surface area (Å²) in [5.41, 5.74) is 5.17. The molecule has 1 fully saturated rings. The number of hydrogen-bond acceptors (Lipinski definition) is 4. The van der Waals surface area contributed by atoms with Gasteiger partial charge >= 0.3 is 5.97 Å². The zero-order valence-corrected chi connectivity index (χ0v) is 18.2. The van der Waals surface area contributed by atoms with Crippen molar-refractivity contribution in [3.8, 4) is 11.3 Å². The standard InChI is InChI=1S/C26H22ClN3O2/c27-21-7-4-8-22(17-21)29-11-13-30(14-12-29)24-16-20-15-19(26(31)32)9-10-23(20)28-25(24)18-5-2-1-3-6-18/h1-10,15-17H,11-14H2,(H,31,32). The van der Waals surface area contributed by atoms with E-state index in [9.17, 15) is 9.90 Å². The van der Waals surface area contributed by atoms with Crippen molar-refractivity contribution in [2.75, 3.05) is 36.0 Å². The van der Waals surface area contributed by atoms with Crippen LogP contribution in [0, 0.1) is 0 Å². The number of aromatic nitrogens is 1. The number of carboxylic acids is 1. The number of aromatic carboxylic acids is 1. The summed E-state index contributed by atoms with van der Waals surface area (Å²) in [5, 5.41) is 11.0. The fourth-order valence-corrected chi connectivity index (χ4v) is 4.41. The Morgan fingerprint density at radius 2 is 1.59 bits per heavy atom. The zero-order valence-electron chi connectivity index (χ0n) is 17.4. The Kier molecular flexibility index (Phi) is 5.41. The number of pyridine rings is 1. The van der Waals surface area contributed by atoms with Crippen molar-refractivity contribution in [3.63, 3.8) is 0 Å². The Morgan fingerprint density at radius 1 is 0.844 bits per heavy atom. The molecule has 0 unspecified atom stereocenters. The van der Waals surface area contributed by atoms with Gasteiger partial charge in [0.15, 0.2) is 0 Å². The molecule has 32 heavy (non-hydrogen) atoms. The SMILES string of the molecule is O=C(O)c1ccc2nc(-c3ccccc3)c(N3CCN(c4cccc(Cl)c4)CC3)cc2c1. The van der Waals surface area contributed by atoms with Gasteiger partial charge in [0.2, 0.25) is 0 Å². The van der Waals surface area contributed by atoms with Gasteiger partial charge in [-0.3, -0.25) is 0 Å². The summed E-state index contributed by atoms with van der Waals surface area (Å²) in [6, 6.07) is 25.2. The fourth-order valence-electron chi connectivity index (χ4n) is 4.23. The monoisotopic (exact) mass is 443 g/mol. The van der Waals surface area contributed by atoms with Crippen molar-refractivity contribution in [2.24, 2.45) is 0 Å². The topological polar surface area (TPSA) is 56.7 Å². The van der Waals surface area contributed by atoms with Gasteiger partial charge in [0.1, 0.15) is 0 Å². The minimum atomic E-state index is -0.935. The van der Waals surface area contributed by atoms with E-state index in [4.69, 9.17) is 16.6 Å². The van der Waals surface area contributed by atoms with Crippen LogP contribution in [0.25, 0.3) is 22.2 Å². The molecule has 0 bridgehead atoms. The molecule has 0 aliphatic carbocycles. The molecule has 4 aromatic rings. The van der Waals surface area contributed by atoms with E-state index < -0.39 is 5.97 Å². The van der Waals surface area contributed by atoms with Crippen molar-refractivity contribution >= 4 is 39.8 Å². The van der Waals surface area contributed by atoms with Crippen LogP contribution in [-0.2, 0) is 0 Å². The van der Waals surface area contributed by atoms with Crippen LogP contribution in [-0.4, -0.2) is 42.2 Å². The van der Waals surface area contributed by atoms with E-state index in [0.717, 1.165) is 64.7 Å². The van der Waals surface area contributed by atoms with E-state index in [1.165, 1.54) is 0 Å². The lowest BCUT2D eigenvalue weighted by Gasteiger charge is -2.38. The first-order chi connectivity index (χ1) is 15.6. The molecule has 160 valence electrons. The average Bonchev–Trinajstić information content (AvgIpc) is 2.83. The highest BCUT2D eigenvalue weighted by Crippen LogP contribution is 2.34. The maximum atomic E-state index is 11.5. The predicted molar refractivity (Wildman–Crippen MR) is 130 cm³/mol. The largest absolute Gasteiger partial charge is 0.478 e. The van der Waals surface area contributed by atoms with E-state index in [1.54, 1.807) is 18.2 Å². The highest BCUT2D eigenvalue weighted by Gasteiger charge is 2.22. The minimum absolute atomic E-state index is 0.267. The second kappa shape index (κ2) is 8.52. The molecular weight excluding hydrogens is 422 g/mol. The van der Waals surface area contributed by atoms with E-state index in [2.05, 4.69) is 34.1 Å². The van der Waals surface area contributed by atoms with Crippen LogP contribution < -0.4 is 9.80 Å². The maximum Gasteiger partial charge on any atom is 0.335 e. The van der Waals surface area contributed by atoms with Gasteiger partial charge in [-0.25, -0.2) is 9.78 Å². The number of benzene rings is 3. The minimum Gasteiger partial charge on any atom is -0.478 e. The van der Waals surface area contributed by atoms with E-state index in [1.807, 2.05) is 36.4 Å². The summed E-state index contributed by atoms with van der Waals surface area (Å²) in [7, 11) is 0. The summed E-state index contributed by atoms with van der Waals surface area (Å²) in [4.78, 5) is 21.1. The van der Waals surface area contributed by atoms with Crippen molar-refractivity contribution in [2.45, 2.75) is 0 Å². The van der Waals surface area contributed by atoms with Crippen LogP contribution in [0.1, 0.15) is 10.4 Å². The van der Waals surface area contributed by atoms with Crippen LogP contribution in [0.3, 0.4) is 0 Å². The van der Waals surface area contributed by atoms with Gasteiger partial charge in [-0.05, 0) is 42.5 Å². The molecule has 1 saturated heterocycles. The van der Waals surface area contributed by atoms with Gasteiger partial charge < -0.3 is 14.9 Å². The number of piperazine rings is 1. The Morgan fingerprint density at radius 3 is 2.31 bits per heavy atom. The molecule has 2 heterocycles. The summed E-state index contributed by atoms with van der Waals surface area (Å²) >= 11 is 6.18. The highest BCUT2D eigenvalue weighted by molar-refractivity contribution is 6.30. The second-order valence-electron chi connectivity index (χ2n) is 7.89. The molecule has 1 aliphatic heterocycles. The van der Waals surface area contributed by atoms with Crippen LogP contribution in [0.5, 0.6) is 0 Å². The van der Waals surface area contributed by atoms with Crippen molar-refractivity contribution in [3.05, 3.63) is 89.4 Å². The Labute approximate surface area is 191 Å². The number of nitrogens with zero attached hydrogens (tertiary/aromatic N) is 3. The lowest BCUT2D eigenvalue weighted by atomic mass is 10.0. The normalized spacial score (nSPS) is 14.0. The number of carboxylic acid groups (broad SMARTS) is 1. The smallest absolute Gasteiger partial charge is 0.335 e. The van der Waals surface area contributed by atoms with E-state index in [-0.39, 0.29) is 5.56 Å². The first-order valence-electron chi connectivity index (χ1n) is 10.6. The molecule has 0 radical (unpaired) electrons. The highest BCUT2D eigenvalue weighted by atomic mass is 35.5. The van der Waals surface area contributed by atoms with E-state index in [0.29, 0.717) is 0 Å². The van der Waals surface area contributed by atoms with E-state index >= 15 is 0 Å². The third-order valence-electron chi connectivity index (χ3n) is 5.88. The first kappa shape index (κ1) is 20.3. The molecule has 0 spiro atoms. The molecule has 5 rings (SSSR count). The average molecular weight is 444 g/mol. The fraction of sp³-hybridized carbons (Fsp3) is 0.154. The van der Waals surface area contributed by atoms with Gasteiger partial charge in [-0.15, -0.1) is 0 Å². The predicted octanol–water partition coefficient (Wildman–Crippen LogP) is 5.58. The number of anilines is 2. The molecule has 5 nitrogen and oxygen atoms in total. The van der Waals surface area contributed by atoms with Crippen molar-refractivity contribution in [1.29, 1.82) is 0 Å². The van der Waals surface area contributed by atoms with Gasteiger partial charge in [-0.1, -0.05) is 48.0 Å². The molecule has 1 aliphatic rings. The third kappa shape index (κ3) is 3.99. The molecule has 1 aromatic heterocycles. The van der Waals surface area contributed by atoms with Crippen LogP contribution in [0.15, 0.2) is 78.9 Å². The summed E-state index contributed by atoms with van der Waals surface area (Å²) in [6.45, 7) is 3.39. The molecule has 0 amide bonds.